The fourth-order valence-electron chi connectivity index (χ4n) is 2.06. The molecule has 108 valence electrons. The van der Waals surface area contributed by atoms with Crippen molar-refractivity contribution in [2.24, 2.45) is 5.92 Å². The third-order valence-corrected chi connectivity index (χ3v) is 4.83. The molecule has 2 saturated carbocycles. The van der Waals surface area contributed by atoms with Gasteiger partial charge in [0.1, 0.15) is 11.0 Å². The maximum atomic E-state index is 12.0. The van der Waals surface area contributed by atoms with Gasteiger partial charge in [0.05, 0.1) is 0 Å². The van der Waals surface area contributed by atoms with Gasteiger partial charge in [0, 0.05) is 11.8 Å². The number of aromatic nitrogens is 2. The molecule has 2 N–H and O–H groups in total. The van der Waals surface area contributed by atoms with Crippen molar-refractivity contribution in [1.29, 1.82) is 0 Å². The highest BCUT2D eigenvalue weighted by Crippen LogP contribution is 2.42. The minimum absolute atomic E-state index is 0.0187. The van der Waals surface area contributed by atoms with Crippen LogP contribution in [0.15, 0.2) is 0 Å². The van der Waals surface area contributed by atoms with Crippen LogP contribution >= 0.6 is 11.3 Å². The van der Waals surface area contributed by atoms with Gasteiger partial charge < -0.3 is 5.32 Å². The molecule has 6 nitrogen and oxygen atoms in total. The van der Waals surface area contributed by atoms with E-state index >= 15 is 0 Å². The van der Waals surface area contributed by atoms with Gasteiger partial charge in [0.2, 0.25) is 16.9 Å². The van der Waals surface area contributed by atoms with Gasteiger partial charge in [0.15, 0.2) is 0 Å². The molecule has 0 radical (unpaired) electrons. The molecule has 7 heteroatoms. The van der Waals surface area contributed by atoms with Gasteiger partial charge in [-0.05, 0) is 32.6 Å². The van der Waals surface area contributed by atoms with Crippen molar-refractivity contribution >= 4 is 28.3 Å². The first-order valence-corrected chi connectivity index (χ1v) is 7.90. The van der Waals surface area contributed by atoms with E-state index in [2.05, 4.69) is 20.8 Å². The van der Waals surface area contributed by atoms with Gasteiger partial charge in [0.25, 0.3) is 0 Å². The van der Waals surface area contributed by atoms with E-state index in [1.807, 2.05) is 0 Å². The van der Waals surface area contributed by atoms with E-state index in [9.17, 15) is 9.59 Å². The van der Waals surface area contributed by atoms with Crippen LogP contribution in [0.4, 0.5) is 5.13 Å². The molecule has 20 heavy (non-hydrogen) atoms. The predicted molar refractivity (Wildman–Crippen MR) is 75.5 cm³/mol. The number of anilines is 1. The largest absolute Gasteiger partial charge is 0.344 e. The molecule has 1 aromatic heterocycles. The Labute approximate surface area is 121 Å². The van der Waals surface area contributed by atoms with Gasteiger partial charge in [-0.15, -0.1) is 10.2 Å². The first-order chi connectivity index (χ1) is 9.63. The number of carbonyl (C=O) groups excluding carboxylic acids is 2. The average molecular weight is 294 g/mol. The van der Waals surface area contributed by atoms with Crippen LogP contribution in [-0.2, 0) is 9.59 Å². The molecule has 1 aromatic rings. The Morgan fingerprint density at radius 1 is 1.25 bits per heavy atom. The number of hydrogen-bond acceptors (Lipinski definition) is 5. The number of rotatable bonds is 5. The second-order valence-electron chi connectivity index (χ2n) is 5.57. The first-order valence-electron chi connectivity index (χ1n) is 7.08. The molecule has 2 aliphatic rings. The lowest BCUT2D eigenvalue weighted by Gasteiger charge is -2.25. The van der Waals surface area contributed by atoms with Crippen molar-refractivity contribution in [1.82, 2.24) is 15.5 Å². The zero-order chi connectivity index (χ0) is 14.1. The van der Waals surface area contributed by atoms with E-state index in [-0.39, 0.29) is 17.7 Å². The molecule has 2 aliphatic carbocycles. The van der Waals surface area contributed by atoms with Crippen LogP contribution in [0.25, 0.3) is 0 Å². The van der Waals surface area contributed by atoms with Crippen LogP contribution < -0.4 is 10.6 Å². The Hall–Kier alpha value is -1.50. The lowest BCUT2D eigenvalue weighted by Crippen LogP contribution is -2.45. The zero-order valence-corrected chi connectivity index (χ0v) is 12.2. The Balaban J connectivity index is 1.50. The minimum atomic E-state index is -0.545. The molecule has 0 spiro atoms. The molecule has 1 heterocycles. The second-order valence-corrected chi connectivity index (χ2v) is 6.58. The second kappa shape index (κ2) is 5.47. The van der Waals surface area contributed by atoms with Crippen LogP contribution in [0.5, 0.6) is 0 Å². The Morgan fingerprint density at radius 3 is 2.60 bits per heavy atom. The molecule has 0 aliphatic heterocycles. The molecule has 0 aromatic carbocycles. The quantitative estimate of drug-likeness (QED) is 0.865. The maximum absolute atomic E-state index is 12.0. The van der Waals surface area contributed by atoms with Crippen LogP contribution in [0, 0.1) is 5.92 Å². The number of hydrogen-bond donors (Lipinski definition) is 2. The van der Waals surface area contributed by atoms with Crippen molar-refractivity contribution < 1.29 is 9.59 Å². The van der Waals surface area contributed by atoms with Crippen molar-refractivity contribution in [3.8, 4) is 0 Å². The highest BCUT2D eigenvalue weighted by atomic mass is 32.1. The van der Waals surface area contributed by atoms with Gasteiger partial charge in [-0.3, -0.25) is 14.9 Å². The van der Waals surface area contributed by atoms with Crippen molar-refractivity contribution in [3.05, 3.63) is 5.01 Å². The van der Waals surface area contributed by atoms with E-state index in [1.165, 1.54) is 11.3 Å². The van der Waals surface area contributed by atoms with Crippen molar-refractivity contribution in [2.75, 3.05) is 5.32 Å². The summed E-state index contributed by atoms with van der Waals surface area (Å²) < 4.78 is 0. The average Bonchev–Trinajstić information content (AvgIpc) is 3.08. The van der Waals surface area contributed by atoms with Crippen LogP contribution in [0.3, 0.4) is 0 Å². The van der Waals surface area contributed by atoms with Gasteiger partial charge >= 0.3 is 0 Å². The highest BCUT2D eigenvalue weighted by molar-refractivity contribution is 7.15. The molecule has 1 atom stereocenters. The third kappa shape index (κ3) is 2.98. The molecular weight excluding hydrogens is 276 g/mol. The summed E-state index contributed by atoms with van der Waals surface area (Å²) in [5.74, 6) is 0.369. The number of nitrogens with one attached hydrogen (secondary N) is 2. The summed E-state index contributed by atoms with van der Waals surface area (Å²) in [6, 6.07) is -0.545. The Bertz CT molecular complexity index is 522. The highest BCUT2D eigenvalue weighted by Gasteiger charge is 2.29. The monoisotopic (exact) mass is 294 g/mol. The normalized spacial score (nSPS) is 20.1. The fraction of sp³-hybridized carbons (Fsp3) is 0.692. The van der Waals surface area contributed by atoms with E-state index in [0.29, 0.717) is 11.0 Å². The molecule has 0 unspecified atom stereocenters. The minimum Gasteiger partial charge on any atom is -0.344 e. The lowest BCUT2D eigenvalue weighted by atomic mass is 9.84. The molecule has 2 amide bonds. The van der Waals surface area contributed by atoms with Gasteiger partial charge in [-0.2, -0.15) is 0 Å². The van der Waals surface area contributed by atoms with Crippen molar-refractivity contribution in [3.63, 3.8) is 0 Å². The third-order valence-electron chi connectivity index (χ3n) is 3.83. The summed E-state index contributed by atoms with van der Waals surface area (Å²) in [6.07, 6.45) is 5.29. The summed E-state index contributed by atoms with van der Waals surface area (Å²) in [5, 5.41) is 15.0. The van der Waals surface area contributed by atoms with E-state index in [0.717, 1.165) is 37.1 Å². The van der Waals surface area contributed by atoms with Gasteiger partial charge in [-0.1, -0.05) is 17.8 Å². The molecule has 3 rings (SSSR count). The maximum Gasteiger partial charge on any atom is 0.248 e. The summed E-state index contributed by atoms with van der Waals surface area (Å²) in [7, 11) is 0. The van der Waals surface area contributed by atoms with Crippen LogP contribution in [0.2, 0.25) is 0 Å². The standard InChI is InChI=1S/C13H18N4O2S/c1-7(14-11(19)8-3-2-4-8)10(18)15-13-17-16-12(20-13)9-5-6-9/h7-9H,2-6H2,1H3,(H,14,19)(H,15,17,18)/t7-/m1/s1. The zero-order valence-electron chi connectivity index (χ0n) is 11.4. The van der Waals surface area contributed by atoms with E-state index < -0.39 is 6.04 Å². The number of carbonyl (C=O) groups is 2. The number of amides is 2. The molecule has 0 bridgehead atoms. The Kier molecular flexibility index (Phi) is 3.69. The first kappa shape index (κ1) is 13.5. The summed E-state index contributed by atoms with van der Waals surface area (Å²) >= 11 is 1.42. The SMILES string of the molecule is C[C@@H](NC(=O)C1CCC1)C(=O)Nc1nnc(C2CC2)s1. The van der Waals surface area contributed by atoms with Crippen LogP contribution in [0.1, 0.15) is 50.0 Å². The molecule has 0 saturated heterocycles. The molecular formula is C13H18N4O2S. The number of nitrogens with zero attached hydrogens (tertiary/aromatic N) is 2. The fourth-order valence-corrected chi connectivity index (χ4v) is 2.98. The topological polar surface area (TPSA) is 84.0 Å². The van der Waals surface area contributed by atoms with Crippen molar-refractivity contribution in [2.45, 2.75) is 51.0 Å². The Morgan fingerprint density at radius 2 is 2.00 bits per heavy atom. The van der Waals surface area contributed by atoms with Crippen LogP contribution in [-0.4, -0.2) is 28.1 Å². The predicted octanol–water partition coefficient (Wildman–Crippen LogP) is 1.66. The summed E-state index contributed by atoms with van der Waals surface area (Å²) in [4.78, 5) is 23.8. The summed E-state index contributed by atoms with van der Waals surface area (Å²) in [5.41, 5.74) is 0. The van der Waals surface area contributed by atoms with E-state index in [1.54, 1.807) is 6.92 Å². The molecule has 2 fully saturated rings. The van der Waals surface area contributed by atoms with Gasteiger partial charge in [-0.25, -0.2) is 0 Å². The lowest BCUT2D eigenvalue weighted by molar-refractivity contribution is -0.130. The smallest absolute Gasteiger partial charge is 0.248 e. The summed E-state index contributed by atoms with van der Waals surface area (Å²) in [6.45, 7) is 1.69. The van der Waals surface area contributed by atoms with E-state index in [4.69, 9.17) is 0 Å².